The minimum Gasteiger partial charge on any atom is -0.332 e. The quantitative estimate of drug-likeness (QED) is 0.790. The number of likely N-dealkylation sites (tertiary alicyclic amines) is 1. The third-order valence-electron chi connectivity index (χ3n) is 4.35. The fourth-order valence-electron chi connectivity index (χ4n) is 3.17. The zero-order valence-corrected chi connectivity index (χ0v) is 15.8. The Morgan fingerprint density at radius 1 is 1.23 bits per heavy atom. The molecule has 1 N–H and O–H groups in total. The van der Waals surface area contributed by atoms with Crippen molar-refractivity contribution in [1.82, 2.24) is 9.79 Å². The molecule has 0 radical (unpaired) electrons. The first-order valence-electron chi connectivity index (χ1n) is 8.13. The maximum Gasteiger partial charge on any atom is 0.262 e. The Morgan fingerprint density at radius 3 is 2.62 bits per heavy atom. The Hall–Kier alpha value is -1.93. The molecule has 1 unspecified atom stereocenters. The Bertz CT molecular complexity index is 900. The monoisotopic (exact) mass is 394 g/mol. The summed E-state index contributed by atoms with van der Waals surface area (Å²) in [5.41, 5.74) is 1.45. The largest absolute Gasteiger partial charge is 0.332 e. The van der Waals surface area contributed by atoms with Gasteiger partial charge in [-0.1, -0.05) is 28.6 Å². The molecule has 8 heteroatoms. The van der Waals surface area contributed by atoms with Crippen LogP contribution in [-0.4, -0.2) is 32.9 Å². The number of halogens is 1. The van der Waals surface area contributed by atoms with Crippen LogP contribution in [0, 0.1) is 0 Å². The average Bonchev–Trinajstić information content (AvgIpc) is 3.11. The van der Waals surface area contributed by atoms with Gasteiger partial charge in [-0.2, -0.15) is 0 Å². The lowest BCUT2D eigenvalue weighted by Crippen LogP contribution is -2.30. The van der Waals surface area contributed by atoms with Crippen LogP contribution in [0.5, 0.6) is 0 Å². The van der Waals surface area contributed by atoms with Gasteiger partial charge in [0.15, 0.2) is 0 Å². The molecular formula is C18H19ClN2O4S. The summed E-state index contributed by atoms with van der Waals surface area (Å²) >= 11 is 6.08. The minimum atomic E-state index is -3.74. The van der Waals surface area contributed by atoms with Crippen LogP contribution in [0.1, 0.15) is 34.8 Å². The number of carbonyl (C=O) groups excluding carboxylic acids is 1. The molecule has 6 nitrogen and oxygen atoms in total. The lowest BCUT2D eigenvalue weighted by Gasteiger charge is -2.25. The molecule has 1 fully saturated rings. The summed E-state index contributed by atoms with van der Waals surface area (Å²) < 4.78 is 23.8. The first kappa shape index (κ1) is 18.8. The van der Waals surface area contributed by atoms with E-state index in [0.717, 1.165) is 18.4 Å². The molecule has 2 aromatic rings. The predicted octanol–water partition coefficient (Wildman–Crippen LogP) is 3.16. The van der Waals surface area contributed by atoms with Gasteiger partial charge in [0.1, 0.15) is 0 Å². The number of benzene rings is 2. The number of rotatable bonds is 5. The number of carbonyl (C=O) groups is 1. The van der Waals surface area contributed by atoms with Crippen molar-refractivity contribution in [1.29, 1.82) is 0 Å². The Kier molecular flexibility index (Phi) is 5.62. The second-order valence-electron chi connectivity index (χ2n) is 6.03. The molecule has 1 amide bonds. The Labute approximate surface area is 157 Å². The van der Waals surface area contributed by atoms with Gasteiger partial charge in [-0.3, -0.25) is 9.63 Å². The van der Waals surface area contributed by atoms with E-state index in [1.807, 2.05) is 28.0 Å². The molecule has 3 rings (SSSR count). The molecule has 1 saturated heterocycles. The standard InChI is InChI=1S/C18H19ClN2O4S/c1-25-20-26(23,24)16-9-7-13(8-10-16)18(22)21-11-3-6-17(21)14-4-2-5-15(19)12-14/h2,4-5,7-10,12,17,20H,3,6,11H2,1H3. The summed E-state index contributed by atoms with van der Waals surface area (Å²) in [4.78, 5) is 21.2. The highest BCUT2D eigenvalue weighted by molar-refractivity contribution is 7.89. The fourth-order valence-corrected chi connectivity index (χ4v) is 4.18. The van der Waals surface area contributed by atoms with Gasteiger partial charge in [0.2, 0.25) is 0 Å². The normalized spacial score (nSPS) is 17.5. The number of sulfonamides is 1. The first-order chi connectivity index (χ1) is 12.4. The SMILES string of the molecule is CONS(=O)(=O)c1ccc(C(=O)N2CCCC2c2cccc(Cl)c2)cc1. The Balaban J connectivity index is 1.82. The van der Waals surface area contributed by atoms with Crippen LogP contribution in [-0.2, 0) is 14.9 Å². The Morgan fingerprint density at radius 2 is 1.96 bits per heavy atom. The molecule has 0 aromatic heterocycles. The van der Waals surface area contributed by atoms with E-state index >= 15 is 0 Å². The highest BCUT2D eigenvalue weighted by Gasteiger charge is 2.30. The fraction of sp³-hybridized carbons (Fsp3) is 0.278. The van der Waals surface area contributed by atoms with Crippen LogP contribution in [0.2, 0.25) is 5.02 Å². The van der Waals surface area contributed by atoms with E-state index in [-0.39, 0.29) is 16.8 Å². The zero-order chi connectivity index (χ0) is 18.7. The highest BCUT2D eigenvalue weighted by atomic mass is 35.5. The van der Waals surface area contributed by atoms with Crippen molar-refractivity contribution >= 4 is 27.5 Å². The smallest absolute Gasteiger partial charge is 0.262 e. The van der Waals surface area contributed by atoms with Gasteiger partial charge >= 0.3 is 0 Å². The molecule has 0 bridgehead atoms. The summed E-state index contributed by atoms with van der Waals surface area (Å²) in [5.74, 6) is -0.129. The van der Waals surface area contributed by atoms with Crippen LogP contribution in [0.3, 0.4) is 0 Å². The van der Waals surface area contributed by atoms with E-state index in [1.54, 1.807) is 6.07 Å². The van der Waals surface area contributed by atoms with E-state index in [0.29, 0.717) is 17.1 Å². The van der Waals surface area contributed by atoms with Crippen LogP contribution in [0.15, 0.2) is 53.4 Å². The van der Waals surface area contributed by atoms with Crippen molar-refractivity contribution in [2.45, 2.75) is 23.8 Å². The van der Waals surface area contributed by atoms with Gasteiger partial charge in [0, 0.05) is 17.1 Å². The molecule has 1 atom stereocenters. The number of hydrogen-bond acceptors (Lipinski definition) is 4. The molecular weight excluding hydrogens is 376 g/mol. The molecule has 1 aliphatic heterocycles. The first-order valence-corrected chi connectivity index (χ1v) is 10.00. The van der Waals surface area contributed by atoms with Gasteiger partial charge in [0.05, 0.1) is 18.0 Å². The van der Waals surface area contributed by atoms with Gasteiger partial charge < -0.3 is 4.90 Å². The number of hydrogen-bond donors (Lipinski definition) is 1. The van der Waals surface area contributed by atoms with Crippen molar-refractivity contribution in [2.75, 3.05) is 13.7 Å². The summed E-state index contributed by atoms with van der Waals surface area (Å²) in [6.07, 6.45) is 1.78. The minimum absolute atomic E-state index is 0.0280. The predicted molar refractivity (Wildman–Crippen MR) is 98.2 cm³/mol. The summed E-state index contributed by atoms with van der Waals surface area (Å²) in [5, 5.41) is 0.641. The van der Waals surface area contributed by atoms with Crippen molar-refractivity contribution in [3.63, 3.8) is 0 Å². The molecule has 26 heavy (non-hydrogen) atoms. The van der Waals surface area contributed by atoms with E-state index in [2.05, 4.69) is 4.84 Å². The van der Waals surface area contributed by atoms with E-state index < -0.39 is 10.0 Å². The molecule has 0 aliphatic carbocycles. The zero-order valence-electron chi connectivity index (χ0n) is 14.2. The van der Waals surface area contributed by atoms with Crippen LogP contribution < -0.4 is 4.89 Å². The maximum atomic E-state index is 12.9. The van der Waals surface area contributed by atoms with Gasteiger partial charge in [-0.25, -0.2) is 8.42 Å². The van der Waals surface area contributed by atoms with Crippen LogP contribution >= 0.6 is 11.6 Å². The average molecular weight is 395 g/mol. The second-order valence-corrected chi connectivity index (χ2v) is 8.11. The van der Waals surface area contributed by atoms with Crippen molar-refractivity contribution < 1.29 is 18.0 Å². The second kappa shape index (κ2) is 7.75. The molecule has 2 aromatic carbocycles. The van der Waals surface area contributed by atoms with Crippen molar-refractivity contribution in [3.05, 3.63) is 64.7 Å². The van der Waals surface area contributed by atoms with Gasteiger partial charge in [-0.05, 0) is 54.8 Å². The summed E-state index contributed by atoms with van der Waals surface area (Å²) in [6, 6.07) is 13.3. The molecule has 1 aliphatic rings. The number of nitrogens with zero attached hydrogens (tertiary/aromatic N) is 1. The van der Waals surface area contributed by atoms with Crippen molar-refractivity contribution in [3.8, 4) is 0 Å². The summed E-state index contributed by atoms with van der Waals surface area (Å²) in [7, 11) is -2.52. The van der Waals surface area contributed by atoms with Gasteiger partial charge in [-0.15, -0.1) is 0 Å². The third-order valence-corrected chi connectivity index (χ3v) is 5.87. The highest BCUT2D eigenvalue weighted by Crippen LogP contribution is 2.34. The number of nitrogens with one attached hydrogen (secondary N) is 1. The summed E-state index contributed by atoms with van der Waals surface area (Å²) in [6.45, 7) is 0.654. The lowest BCUT2D eigenvalue weighted by atomic mass is 10.0. The lowest BCUT2D eigenvalue weighted by molar-refractivity contribution is 0.0735. The van der Waals surface area contributed by atoms with E-state index in [9.17, 15) is 13.2 Å². The van der Waals surface area contributed by atoms with Gasteiger partial charge in [0.25, 0.3) is 15.9 Å². The van der Waals surface area contributed by atoms with Crippen molar-refractivity contribution in [2.24, 2.45) is 0 Å². The molecule has 0 saturated carbocycles. The van der Waals surface area contributed by atoms with E-state index in [4.69, 9.17) is 11.6 Å². The number of amides is 1. The van der Waals surface area contributed by atoms with Crippen LogP contribution in [0.4, 0.5) is 0 Å². The van der Waals surface area contributed by atoms with E-state index in [1.165, 1.54) is 31.4 Å². The molecule has 1 heterocycles. The van der Waals surface area contributed by atoms with Crippen LogP contribution in [0.25, 0.3) is 0 Å². The third kappa shape index (κ3) is 3.91. The molecule has 0 spiro atoms. The molecule has 138 valence electrons. The topological polar surface area (TPSA) is 75.7 Å². The maximum absolute atomic E-state index is 12.9.